The van der Waals surface area contributed by atoms with Crippen molar-refractivity contribution < 1.29 is 0 Å². The summed E-state index contributed by atoms with van der Waals surface area (Å²) in [4.78, 5) is 5.27. The van der Waals surface area contributed by atoms with Gasteiger partial charge in [-0.3, -0.25) is 0 Å². The fourth-order valence-corrected chi connectivity index (χ4v) is 1.79. The van der Waals surface area contributed by atoms with Crippen LogP contribution in [0.25, 0.3) is 0 Å². The summed E-state index contributed by atoms with van der Waals surface area (Å²) in [5, 5.41) is 1.97. The lowest BCUT2D eigenvalue weighted by Crippen LogP contribution is -2.10. The maximum Gasteiger partial charge on any atom is 0.141 e. The molecule has 2 aromatic rings. The van der Waals surface area contributed by atoms with E-state index in [2.05, 4.69) is 4.99 Å². The first-order chi connectivity index (χ1) is 7.25. The van der Waals surface area contributed by atoms with Gasteiger partial charge >= 0.3 is 0 Å². The van der Waals surface area contributed by atoms with E-state index in [0.717, 1.165) is 16.3 Å². The van der Waals surface area contributed by atoms with E-state index >= 15 is 0 Å². The summed E-state index contributed by atoms with van der Waals surface area (Å²) in [5.74, 6) is 0.537. The summed E-state index contributed by atoms with van der Waals surface area (Å²) in [7, 11) is 0. The van der Waals surface area contributed by atoms with Crippen LogP contribution in [0.15, 0.2) is 46.8 Å². The third-order valence-electron chi connectivity index (χ3n) is 1.92. The van der Waals surface area contributed by atoms with Crippen molar-refractivity contribution in [2.45, 2.75) is 0 Å². The normalized spacial score (nSPS) is 10.9. The number of hydrogen-bond acceptors (Lipinski definition) is 3. The zero-order chi connectivity index (χ0) is 10.7. The third-order valence-corrected chi connectivity index (χ3v) is 2.81. The number of thiophene rings is 1. The van der Waals surface area contributed by atoms with Crippen molar-refractivity contribution in [2.24, 2.45) is 10.7 Å². The molecular weight excluding hydrogens is 242 g/mol. The lowest BCUT2D eigenvalue weighted by molar-refractivity contribution is 1.48. The SMILES string of the molecule is Cl.NC(=Nc1ccc(N)cc1)c1cccs1. The summed E-state index contributed by atoms with van der Waals surface area (Å²) in [6.07, 6.45) is 0. The van der Waals surface area contributed by atoms with Crippen molar-refractivity contribution in [3.63, 3.8) is 0 Å². The molecule has 4 N–H and O–H groups in total. The Kier molecular flexibility index (Phi) is 4.34. The highest BCUT2D eigenvalue weighted by Crippen LogP contribution is 2.16. The van der Waals surface area contributed by atoms with Crippen molar-refractivity contribution in [3.05, 3.63) is 46.7 Å². The molecule has 0 spiro atoms. The molecule has 0 aliphatic heterocycles. The molecule has 0 saturated heterocycles. The van der Waals surface area contributed by atoms with E-state index in [1.807, 2.05) is 29.6 Å². The van der Waals surface area contributed by atoms with Crippen LogP contribution in [0.2, 0.25) is 0 Å². The second-order valence-corrected chi connectivity index (χ2v) is 4.01. The van der Waals surface area contributed by atoms with E-state index in [1.165, 1.54) is 0 Å². The van der Waals surface area contributed by atoms with Crippen LogP contribution in [0.4, 0.5) is 11.4 Å². The van der Waals surface area contributed by atoms with Gasteiger partial charge in [-0.25, -0.2) is 4.99 Å². The van der Waals surface area contributed by atoms with Gasteiger partial charge < -0.3 is 11.5 Å². The van der Waals surface area contributed by atoms with Crippen LogP contribution < -0.4 is 11.5 Å². The molecule has 0 bridgehead atoms. The van der Waals surface area contributed by atoms with E-state index in [1.54, 1.807) is 23.5 Å². The number of nitrogen functional groups attached to an aromatic ring is 1. The molecule has 1 heterocycles. The fourth-order valence-electron chi connectivity index (χ4n) is 1.17. The van der Waals surface area contributed by atoms with E-state index in [-0.39, 0.29) is 12.4 Å². The van der Waals surface area contributed by atoms with Gasteiger partial charge in [-0.05, 0) is 35.7 Å². The number of benzene rings is 1. The molecule has 0 fully saturated rings. The Bertz CT molecular complexity index is 462. The van der Waals surface area contributed by atoms with Gasteiger partial charge in [0.1, 0.15) is 5.84 Å². The van der Waals surface area contributed by atoms with Crippen LogP contribution in [0.1, 0.15) is 4.88 Å². The van der Waals surface area contributed by atoms with Gasteiger partial charge in [0.25, 0.3) is 0 Å². The molecule has 0 atom stereocenters. The maximum absolute atomic E-state index is 5.84. The van der Waals surface area contributed by atoms with Crippen LogP contribution in [-0.2, 0) is 0 Å². The molecule has 0 amide bonds. The number of halogens is 1. The predicted octanol–water partition coefficient (Wildman–Crippen LogP) is 2.79. The standard InChI is InChI=1S/C11H11N3S.ClH/c12-8-3-5-9(6-4-8)14-11(13)10-2-1-7-15-10;/h1-7H,12H2,(H2,13,14);1H. The number of aliphatic imine (C=N–C) groups is 1. The monoisotopic (exact) mass is 253 g/mol. The summed E-state index contributed by atoms with van der Waals surface area (Å²) < 4.78 is 0. The van der Waals surface area contributed by atoms with Crippen molar-refractivity contribution >= 4 is 41.0 Å². The Balaban J connectivity index is 0.00000128. The van der Waals surface area contributed by atoms with E-state index < -0.39 is 0 Å². The second-order valence-electron chi connectivity index (χ2n) is 3.07. The zero-order valence-electron chi connectivity index (χ0n) is 8.46. The number of nitrogens with two attached hydrogens (primary N) is 2. The summed E-state index contributed by atoms with van der Waals surface area (Å²) in [5.41, 5.74) is 13.0. The molecule has 2 rings (SSSR count). The molecule has 3 nitrogen and oxygen atoms in total. The summed E-state index contributed by atoms with van der Waals surface area (Å²) in [6, 6.07) is 11.2. The number of anilines is 1. The highest BCUT2D eigenvalue weighted by Gasteiger charge is 1.98. The van der Waals surface area contributed by atoms with Crippen LogP contribution >= 0.6 is 23.7 Å². The fraction of sp³-hybridized carbons (Fsp3) is 0. The average Bonchev–Trinajstić information content (AvgIpc) is 2.74. The van der Waals surface area contributed by atoms with Gasteiger partial charge in [0.2, 0.25) is 0 Å². The smallest absolute Gasteiger partial charge is 0.141 e. The van der Waals surface area contributed by atoms with Gasteiger partial charge in [-0.15, -0.1) is 23.7 Å². The molecule has 1 aromatic heterocycles. The first-order valence-corrected chi connectivity index (χ1v) is 5.37. The van der Waals surface area contributed by atoms with Crippen molar-refractivity contribution in [3.8, 4) is 0 Å². The number of amidine groups is 1. The van der Waals surface area contributed by atoms with Gasteiger partial charge in [0, 0.05) is 5.69 Å². The summed E-state index contributed by atoms with van der Waals surface area (Å²) >= 11 is 1.57. The molecule has 16 heavy (non-hydrogen) atoms. The Morgan fingerprint density at radius 1 is 1.12 bits per heavy atom. The predicted molar refractivity (Wildman–Crippen MR) is 72.8 cm³/mol. The minimum atomic E-state index is 0. The second kappa shape index (κ2) is 5.53. The highest BCUT2D eigenvalue weighted by molar-refractivity contribution is 7.12. The largest absolute Gasteiger partial charge is 0.399 e. The Labute approximate surface area is 104 Å². The summed E-state index contributed by atoms with van der Waals surface area (Å²) in [6.45, 7) is 0. The average molecular weight is 254 g/mol. The first-order valence-electron chi connectivity index (χ1n) is 4.49. The van der Waals surface area contributed by atoms with Gasteiger partial charge in [0.15, 0.2) is 0 Å². The first kappa shape index (κ1) is 12.5. The third kappa shape index (κ3) is 2.98. The molecule has 0 unspecified atom stereocenters. The molecule has 84 valence electrons. The topological polar surface area (TPSA) is 64.4 Å². The van der Waals surface area contributed by atoms with Crippen LogP contribution in [0.3, 0.4) is 0 Å². The zero-order valence-corrected chi connectivity index (χ0v) is 10.1. The van der Waals surface area contributed by atoms with Crippen LogP contribution in [0, 0.1) is 0 Å². The molecule has 0 aliphatic carbocycles. The minimum Gasteiger partial charge on any atom is -0.399 e. The number of hydrogen-bond donors (Lipinski definition) is 2. The molecule has 0 aliphatic rings. The number of rotatable bonds is 2. The van der Waals surface area contributed by atoms with Gasteiger partial charge in [-0.2, -0.15) is 0 Å². The van der Waals surface area contributed by atoms with Gasteiger partial charge in [-0.1, -0.05) is 6.07 Å². The molecular formula is C11H12ClN3S. The van der Waals surface area contributed by atoms with Crippen LogP contribution in [-0.4, -0.2) is 5.84 Å². The Morgan fingerprint density at radius 2 is 1.81 bits per heavy atom. The highest BCUT2D eigenvalue weighted by atomic mass is 35.5. The maximum atomic E-state index is 5.84. The van der Waals surface area contributed by atoms with E-state index in [0.29, 0.717) is 5.84 Å². The molecule has 0 radical (unpaired) electrons. The van der Waals surface area contributed by atoms with Crippen molar-refractivity contribution in [1.29, 1.82) is 0 Å². The van der Waals surface area contributed by atoms with Crippen molar-refractivity contribution in [1.82, 2.24) is 0 Å². The quantitative estimate of drug-likeness (QED) is 0.491. The molecule has 0 saturated carbocycles. The lowest BCUT2D eigenvalue weighted by atomic mass is 10.3. The van der Waals surface area contributed by atoms with Gasteiger partial charge in [0.05, 0.1) is 10.6 Å². The van der Waals surface area contributed by atoms with E-state index in [9.17, 15) is 0 Å². The molecule has 1 aromatic carbocycles. The lowest BCUT2D eigenvalue weighted by Gasteiger charge is -1.98. The number of nitrogens with zero attached hydrogens (tertiary/aromatic N) is 1. The minimum absolute atomic E-state index is 0. The van der Waals surface area contributed by atoms with Crippen LogP contribution in [0.5, 0.6) is 0 Å². The molecule has 5 heteroatoms. The van der Waals surface area contributed by atoms with Crippen molar-refractivity contribution in [2.75, 3.05) is 5.73 Å². The van der Waals surface area contributed by atoms with E-state index in [4.69, 9.17) is 11.5 Å². The Hall–Kier alpha value is -1.52. The Morgan fingerprint density at radius 3 is 2.38 bits per heavy atom.